The van der Waals surface area contributed by atoms with Crippen LogP contribution in [0.15, 0.2) is 0 Å². The van der Waals surface area contributed by atoms with Gasteiger partial charge in [0.2, 0.25) is 0 Å². The minimum atomic E-state index is -5.88. The zero-order chi connectivity index (χ0) is 4.50. The molecule has 0 aliphatic carbocycles. The van der Waals surface area contributed by atoms with Crippen molar-refractivity contribution in [3.05, 3.63) is 0 Å². The van der Waals surface area contributed by atoms with Crippen molar-refractivity contribution in [2.75, 3.05) is 0 Å². The molecule has 0 saturated carbocycles. The fourth-order valence-electron chi connectivity index (χ4n) is 0. The maximum atomic E-state index is 8.61. The molecule has 0 aromatic rings. The van der Waals surface area contributed by atoms with Crippen LogP contribution < -0.4 is 12.3 Å². The Balaban J connectivity index is 0. The molecule has 0 aliphatic heterocycles. The van der Waals surface area contributed by atoms with E-state index >= 15 is 0 Å². The summed E-state index contributed by atoms with van der Waals surface area (Å²) in [5.74, 6) is 0. The van der Waals surface area contributed by atoms with Crippen molar-refractivity contribution in [1.29, 1.82) is 0 Å². The van der Waals surface area contributed by atoms with Crippen LogP contribution in [0.4, 0.5) is 0 Å². The molecule has 0 N–H and O–H groups in total. The molecule has 0 bridgehead atoms. The van der Waals surface area contributed by atoms with Gasteiger partial charge in [0.1, 0.15) is 0 Å². The van der Waals surface area contributed by atoms with Gasteiger partial charge in [0.05, 0.1) is 0 Å². The Kier molecular flexibility index (Phi) is 4.71. The standard InChI is InChI=1S/AsH3O4.Cu/c2-1(3,4)5;/h(H3,2,3,4,5);/q;+3/p-3. The van der Waals surface area contributed by atoms with Gasteiger partial charge >= 0.3 is 47.6 Å². The molecular formula is AsCuO4. The van der Waals surface area contributed by atoms with E-state index in [1.54, 1.807) is 0 Å². The monoisotopic (exact) mass is 202 g/mol. The third-order valence-electron chi connectivity index (χ3n) is 0. The predicted octanol–water partition coefficient (Wildman–Crippen LogP) is -4.07. The van der Waals surface area contributed by atoms with Crippen molar-refractivity contribution in [2.45, 2.75) is 0 Å². The Morgan fingerprint density at radius 1 is 1.17 bits per heavy atom. The zero-order valence-electron chi connectivity index (χ0n) is 2.38. The Morgan fingerprint density at radius 3 is 1.17 bits per heavy atom. The molecule has 4 nitrogen and oxygen atoms in total. The van der Waals surface area contributed by atoms with E-state index in [0.717, 1.165) is 0 Å². The summed E-state index contributed by atoms with van der Waals surface area (Å²) in [6.45, 7) is 0. The minimum absolute atomic E-state index is 0. The van der Waals surface area contributed by atoms with Crippen LogP contribution in [0.5, 0.6) is 0 Å². The van der Waals surface area contributed by atoms with Gasteiger partial charge in [-0.25, -0.2) is 0 Å². The smallest absolute Gasteiger partial charge is 3.00 e. The van der Waals surface area contributed by atoms with E-state index < -0.39 is 14.5 Å². The molecule has 0 unspecified atom stereocenters. The first-order valence-corrected chi connectivity index (χ1v) is 3.79. The molecule has 0 atom stereocenters. The molecule has 0 radical (unpaired) electrons. The fraction of sp³-hybridized carbons (Fsp3) is 0. The molecule has 0 aromatic heterocycles. The predicted molar refractivity (Wildman–Crippen MR) is 6.44 cm³/mol. The van der Waals surface area contributed by atoms with E-state index in [1.165, 1.54) is 0 Å². The second-order valence-electron chi connectivity index (χ2n) is 0.447. The van der Waals surface area contributed by atoms with E-state index in [-0.39, 0.29) is 17.1 Å². The Morgan fingerprint density at radius 2 is 1.17 bits per heavy atom. The van der Waals surface area contributed by atoms with Crippen LogP contribution in [0.2, 0.25) is 0 Å². The maximum absolute atomic E-state index is 8.61. The first-order valence-electron chi connectivity index (χ1n) is 0.730. The first kappa shape index (κ1) is 9.90. The van der Waals surface area contributed by atoms with Crippen molar-refractivity contribution in [3.8, 4) is 0 Å². The van der Waals surface area contributed by atoms with Crippen molar-refractivity contribution < 1.29 is 33.1 Å². The van der Waals surface area contributed by atoms with Gasteiger partial charge in [0, 0.05) is 0 Å². The van der Waals surface area contributed by atoms with Crippen LogP contribution in [0.25, 0.3) is 0 Å². The van der Waals surface area contributed by atoms with E-state index in [0.29, 0.717) is 0 Å². The Hall–Kier alpha value is 0.758. The summed E-state index contributed by atoms with van der Waals surface area (Å²) in [6.07, 6.45) is 0. The van der Waals surface area contributed by atoms with Crippen LogP contribution in [0.1, 0.15) is 0 Å². The molecule has 0 rings (SSSR count). The molecule has 6 heteroatoms. The molecule has 0 amide bonds. The second kappa shape index (κ2) is 2.85. The van der Waals surface area contributed by atoms with Crippen LogP contribution in [0, 0.1) is 0 Å². The summed E-state index contributed by atoms with van der Waals surface area (Å²) in [6, 6.07) is 0. The summed E-state index contributed by atoms with van der Waals surface area (Å²) in [7, 11) is 0. The van der Waals surface area contributed by atoms with Crippen molar-refractivity contribution in [1.82, 2.24) is 0 Å². The van der Waals surface area contributed by atoms with Crippen molar-refractivity contribution in [2.24, 2.45) is 0 Å². The summed E-state index contributed by atoms with van der Waals surface area (Å²) < 4.78 is 34.4. The topological polar surface area (TPSA) is 86.2 Å². The quantitative estimate of drug-likeness (QED) is 0.374. The van der Waals surface area contributed by atoms with Gasteiger partial charge in [-0.05, 0) is 0 Å². The molecule has 40 valence electrons. The molecule has 0 heterocycles. The summed E-state index contributed by atoms with van der Waals surface area (Å²) in [5.41, 5.74) is 0. The molecule has 0 aliphatic rings. The van der Waals surface area contributed by atoms with E-state index in [9.17, 15) is 0 Å². The SMILES string of the molecule is O=[As]([O-])([O-])[O-].[Cu+3]. The first-order chi connectivity index (χ1) is 2.00. The molecule has 0 saturated heterocycles. The average Bonchev–Trinajstić information content (AvgIpc) is 0.722. The van der Waals surface area contributed by atoms with Crippen LogP contribution in [-0.2, 0) is 20.8 Å². The Bertz CT molecular complexity index is 53.7. The van der Waals surface area contributed by atoms with E-state index in [1.807, 2.05) is 0 Å². The molecule has 0 fully saturated rings. The summed E-state index contributed by atoms with van der Waals surface area (Å²) in [4.78, 5) is 0. The molecule has 6 heavy (non-hydrogen) atoms. The fourth-order valence-corrected chi connectivity index (χ4v) is 0. The largest absolute Gasteiger partial charge is 3.00 e. The van der Waals surface area contributed by atoms with Gasteiger partial charge in [-0.2, -0.15) is 0 Å². The molecular weight excluding hydrogens is 202 g/mol. The third-order valence-corrected chi connectivity index (χ3v) is 0. The third kappa shape index (κ3) is 117. The second-order valence-corrected chi connectivity index (χ2v) is 2.32. The average molecular weight is 202 g/mol. The summed E-state index contributed by atoms with van der Waals surface area (Å²) in [5, 5.41) is 0. The van der Waals surface area contributed by atoms with Gasteiger partial charge in [-0.1, -0.05) is 0 Å². The minimum Gasteiger partial charge on any atom is 3.00 e. The van der Waals surface area contributed by atoms with Crippen LogP contribution in [0.3, 0.4) is 0 Å². The normalized spacial score (nSPS) is 9.83. The molecule has 0 spiro atoms. The Labute approximate surface area is 48.0 Å². The van der Waals surface area contributed by atoms with E-state index in [4.69, 9.17) is 16.0 Å². The van der Waals surface area contributed by atoms with Crippen molar-refractivity contribution >= 4 is 14.5 Å². The molecule has 0 aromatic carbocycles. The maximum Gasteiger partial charge on any atom is 3.00 e. The number of rotatable bonds is 0. The van der Waals surface area contributed by atoms with Gasteiger partial charge in [0.25, 0.3) is 0 Å². The van der Waals surface area contributed by atoms with Gasteiger partial charge in [-0.3, -0.25) is 0 Å². The van der Waals surface area contributed by atoms with Crippen LogP contribution >= 0.6 is 0 Å². The summed E-state index contributed by atoms with van der Waals surface area (Å²) >= 11 is -5.88. The van der Waals surface area contributed by atoms with Gasteiger partial charge in [-0.15, -0.1) is 0 Å². The van der Waals surface area contributed by atoms with Gasteiger partial charge < -0.3 is 0 Å². The number of hydrogen-bond donors (Lipinski definition) is 0. The van der Waals surface area contributed by atoms with Crippen LogP contribution in [-0.4, -0.2) is 14.5 Å². The number of hydrogen-bond acceptors (Lipinski definition) is 4. The zero-order valence-corrected chi connectivity index (χ0v) is 5.20. The van der Waals surface area contributed by atoms with E-state index in [2.05, 4.69) is 0 Å². The van der Waals surface area contributed by atoms with Gasteiger partial charge in [0.15, 0.2) is 0 Å². The van der Waals surface area contributed by atoms with Crippen molar-refractivity contribution in [3.63, 3.8) is 0 Å².